The molecule has 0 aliphatic rings. The summed E-state index contributed by atoms with van der Waals surface area (Å²) in [4.78, 5) is 35.0. The Morgan fingerprint density at radius 1 is 0.262 bits per heavy atom. The predicted octanol–water partition coefficient (Wildman–Crippen LogP) is 12.5. The van der Waals surface area contributed by atoms with Gasteiger partial charge in [0.05, 0.1) is 5.69 Å². The third kappa shape index (κ3) is 8.69. The van der Waals surface area contributed by atoms with Gasteiger partial charge in [0.15, 0.2) is 23.3 Å². The lowest BCUT2D eigenvalue weighted by atomic mass is 10.2. The molecule has 8 nitrogen and oxygen atoms in total. The van der Waals surface area contributed by atoms with Crippen LogP contribution in [-0.4, -0.2) is 38.0 Å². The molecule has 10 aromatic rings. The Balaban J connectivity index is 1.10. The average Bonchev–Trinajstić information content (AvgIpc) is 3.38. The normalized spacial score (nSPS) is 11.2. The molecule has 8 aromatic carbocycles. The minimum absolute atomic E-state index is 0.378. The van der Waals surface area contributed by atoms with Crippen molar-refractivity contribution in [1.29, 1.82) is 0 Å². The van der Waals surface area contributed by atoms with Gasteiger partial charge < -0.3 is 4.90 Å². The van der Waals surface area contributed by atoms with E-state index in [1.807, 2.05) is 126 Å². The first-order valence-electron chi connectivity index (χ1n) is 21.6. The fourth-order valence-corrected chi connectivity index (χ4v) is 10.3. The number of benzene rings is 8. The molecule has 2 heterocycles. The van der Waals surface area contributed by atoms with Gasteiger partial charge in [0.2, 0.25) is 11.9 Å². The predicted molar refractivity (Wildman–Crippen MR) is 268 cm³/mol. The molecule has 0 N–H and O–H groups in total. The molecule has 0 saturated heterocycles. The number of nitrogens with zero attached hydrogens (tertiary/aromatic N) is 8. The van der Waals surface area contributed by atoms with E-state index in [2.05, 4.69) is 127 Å². The lowest BCUT2D eigenvalue weighted by Gasteiger charge is -2.28. The van der Waals surface area contributed by atoms with Crippen molar-refractivity contribution in [3.8, 4) is 45.6 Å². The molecule has 9 heteroatoms. The van der Waals surface area contributed by atoms with Gasteiger partial charge in [0.1, 0.15) is 8.07 Å². The molecular formula is C56H44N8Si. The summed E-state index contributed by atoms with van der Waals surface area (Å²) < 4.78 is 0. The van der Waals surface area contributed by atoms with E-state index in [1.165, 1.54) is 10.4 Å². The van der Waals surface area contributed by atoms with Gasteiger partial charge in [-0.3, -0.25) is 0 Å². The molecule has 0 amide bonds. The van der Waals surface area contributed by atoms with Gasteiger partial charge in [-0.05, 0) is 48.5 Å². The van der Waals surface area contributed by atoms with E-state index in [1.54, 1.807) is 0 Å². The van der Waals surface area contributed by atoms with Gasteiger partial charge in [0.25, 0.3) is 0 Å². The van der Waals surface area contributed by atoms with Gasteiger partial charge in [-0.1, -0.05) is 205 Å². The van der Waals surface area contributed by atoms with Crippen LogP contribution in [0.25, 0.3) is 45.6 Å². The summed E-state index contributed by atoms with van der Waals surface area (Å²) in [5, 5.41) is 2.59. The van der Waals surface area contributed by atoms with Gasteiger partial charge in [-0.25, -0.2) is 14.9 Å². The van der Waals surface area contributed by atoms with Crippen LogP contribution in [0.15, 0.2) is 231 Å². The van der Waals surface area contributed by atoms with E-state index in [0.717, 1.165) is 45.0 Å². The standard InChI is InChI=1S/C56H44N8Si/c1-65(2,49-37-33-47(34-38-49)63(45-29-17-7-18-30-45)46-31-19-8-20-32-46)50-39-35-48(36-40-50)64(55-59-51(41-21-9-3-10-22-41)57-52(60-55)42-23-11-4-12-24-42)56-61-53(43-25-13-5-14-26-43)58-54(62-56)44-27-15-6-16-28-44/h3-40H,1-2H3. The number of anilines is 6. The molecule has 0 radical (unpaired) electrons. The van der Waals surface area contributed by atoms with Crippen molar-refractivity contribution in [1.82, 2.24) is 29.9 Å². The van der Waals surface area contributed by atoms with Crippen LogP contribution in [0.4, 0.5) is 34.6 Å². The summed E-state index contributed by atoms with van der Waals surface area (Å²) in [6.45, 7) is 4.80. The van der Waals surface area contributed by atoms with Crippen LogP contribution in [0.1, 0.15) is 0 Å². The van der Waals surface area contributed by atoms with Crippen LogP contribution in [0.5, 0.6) is 0 Å². The molecule has 312 valence electrons. The molecule has 0 aliphatic carbocycles. The first-order chi connectivity index (χ1) is 32.0. The minimum Gasteiger partial charge on any atom is -0.311 e. The molecule has 2 aromatic heterocycles. The molecule has 0 unspecified atom stereocenters. The Hall–Kier alpha value is -8.40. The van der Waals surface area contributed by atoms with Crippen molar-refractivity contribution in [2.45, 2.75) is 13.1 Å². The average molecular weight is 857 g/mol. The zero-order valence-corrected chi connectivity index (χ0v) is 37.0. The maximum absolute atomic E-state index is 5.18. The quantitative estimate of drug-likeness (QED) is 0.112. The summed E-state index contributed by atoms with van der Waals surface area (Å²) in [5.41, 5.74) is 7.57. The second-order valence-corrected chi connectivity index (χ2v) is 20.5. The largest absolute Gasteiger partial charge is 0.311 e. The van der Waals surface area contributed by atoms with Gasteiger partial charge in [0, 0.05) is 39.3 Å². The van der Waals surface area contributed by atoms with Crippen LogP contribution in [0.2, 0.25) is 13.1 Å². The lowest BCUT2D eigenvalue weighted by Crippen LogP contribution is -2.52. The fraction of sp³-hybridized carbons (Fsp3) is 0.0357. The van der Waals surface area contributed by atoms with Gasteiger partial charge >= 0.3 is 0 Å². The second-order valence-electron chi connectivity index (χ2n) is 16.1. The molecule has 10 rings (SSSR count). The van der Waals surface area contributed by atoms with E-state index < -0.39 is 8.07 Å². The highest BCUT2D eigenvalue weighted by molar-refractivity contribution is 7.00. The van der Waals surface area contributed by atoms with Crippen molar-refractivity contribution in [2.75, 3.05) is 9.80 Å². The monoisotopic (exact) mass is 856 g/mol. The Labute approximate surface area is 380 Å². The maximum Gasteiger partial charge on any atom is 0.241 e. The third-order valence-electron chi connectivity index (χ3n) is 11.5. The maximum atomic E-state index is 5.18. The van der Waals surface area contributed by atoms with Gasteiger partial charge in [-0.15, -0.1) is 0 Å². The summed E-state index contributed by atoms with van der Waals surface area (Å²) in [6, 6.07) is 78.8. The SMILES string of the molecule is C[Si](C)(c1ccc(N(c2ccccc2)c2ccccc2)cc1)c1ccc(N(c2nc(-c3ccccc3)nc(-c3ccccc3)n2)c2nc(-c3ccccc3)nc(-c3ccccc3)n2)cc1. The number of hydrogen-bond acceptors (Lipinski definition) is 8. The topological polar surface area (TPSA) is 83.8 Å². The number of hydrogen-bond donors (Lipinski definition) is 0. The van der Waals surface area contributed by atoms with Crippen molar-refractivity contribution >= 4 is 53.1 Å². The minimum atomic E-state index is -2.22. The van der Waals surface area contributed by atoms with Crippen LogP contribution in [-0.2, 0) is 0 Å². The van der Waals surface area contributed by atoms with Crippen LogP contribution < -0.4 is 20.2 Å². The van der Waals surface area contributed by atoms with Crippen molar-refractivity contribution in [3.05, 3.63) is 231 Å². The molecule has 0 atom stereocenters. The molecule has 0 bridgehead atoms. The second kappa shape index (κ2) is 18.1. The smallest absolute Gasteiger partial charge is 0.241 e. The highest BCUT2D eigenvalue weighted by Gasteiger charge is 2.29. The van der Waals surface area contributed by atoms with Crippen LogP contribution >= 0.6 is 0 Å². The molecule has 0 aliphatic heterocycles. The first-order valence-corrected chi connectivity index (χ1v) is 24.6. The summed E-state index contributed by atoms with van der Waals surface area (Å²) in [5.74, 6) is 2.89. The summed E-state index contributed by atoms with van der Waals surface area (Å²) >= 11 is 0. The van der Waals surface area contributed by atoms with E-state index in [9.17, 15) is 0 Å². The van der Waals surface area contributed by atoms with Crippen molar-refractivity contribution < 1.29 is 0 Å². The number of rotatable bonds is 12. The highest BCUT2D eigenvalue weighted by atomic mass is 28.3. The molecule has 0 fully saturated rings. The third-order valence-corrected chi connectivity index (χ3v) is 15.1. The van der Waals surface area contributed by atoms with E-state index in [-0.39, 0.29) is 0 Å². The van der Waals surface area contributed by atoms with E-state index >= 15 is 0 Å². The Morgan fingerprint density at radius 3 is 0.800 bits per heavy atom. The summed E-state index contributed by atoms with van der Waals surface area (Å²) in [6.07, 6.45) is 0. The van der Waals surface area contributed by atoms with Crippen LogP contribution in [0.3, 0.4) is 0 Å². The van der Waals surface area contributed by atoms with Gasteiger partial charge in [-0.2, -0.15) is 19.9 Å². The lowest BCUT2D eigenvalue weighted by molar-refractivity contribution is 0.964. The Kier molecular flexibility index (Phi) is 11.3. The zero-order chi connectivity index (χ0) is 44.0. The van der Waals surface area contributed by atoms with Crippen molar-refractivity contribution in [2.24, 2.45) is 0 Å². The number of para-hydroxylation sites is 2. The highest BCUT2D eigenvalue weighted by Crippen LogP contribution is 2.36. The van der Waals surface area contributed by atoms with Crippen molar-refractivity contribution in [3.63, 3.8) is 0 Å². The first kappa shape index (κ1) is 40.7. The number of aromatic nitrogens is 6. The molecular weight excluding hydrogens is 813 g/mol. The molecule has 65 heavy (non-hydrogen) atoms. The summed E-state index contributed by atoms with van der Waals surface area (Å²) in [7, 11) is -2.22. The Bertz CT molecular complexity index is 2860. The van der Waals surface area contributed by atoms with E-state index in [4.69, 9.17) is 29.9 Å². The van der Waals surface area contributed by atoms with Crippen LogP contribution in [0, 0.1) is 0 Å². The molecule has 0 spiro atoms. The van der Waals surface area contributed by atoms with E-state index in [0.29, 0.717) is 35.2 Å². The Morgan fingerprint density at radius 2 is 0.508 bits per heavy atom. The fourth-order valence-electron chi connectivity index (χ4n) is 7.94. The molecule has 0 saturated carbocycles. The zero-order valence-electron chi connectivity index (χ0n) is 36.0.